The molecule has 5 heteroatoms. The minimum Gasteiger partial charge on any atom is -0.343 e. The fourth-order valence-electron chi connectivity index (χ4n) is 3.59. The second-order valence-electron chi connectivity index (χ2n) is 6.74. The van der Waals surface area contributed by atoms with Gasteiger partial charge in [-0.05, 0) is 44.0 Å². The van der Waals surface area contributed by atoms with Gasteiger partial charge in [0.2, 0.25) is 5.43 Å². The molecule has 4 rings (SSSR count). The normalized spacial score (nSPS) is 15.2. The molecule has 0 saturated carbocycles. The van der Waals surface area contributed by atoms with Crippen molar-refractivity contribution in [1.29, 1.82) is 0 Å². The molecule has 1 aromatic heterocycles. The van der Waals surface area contributed by atoms with Crippen molar-refractivity contribution in [3.05, 3.63) is 75.6 Å². The van der Waals surface area contributed by atoms with Gasteiger partial charge in [-0.15, -0.1) is 0 Å². The van der Waals surface area contributed by atoms with Gasteiger partial charge < -0.3 is 9.88 Å². The van der Waals surface area contributed by atoms with Crippen molar-refractivity contribution in [2.45, 2.75) is 26.3 Å². The maximum atomic E-state index is 12.8. The lowest BCUT2D eigenvalue weighted by Gasteiger charge is -2.13. The summed E-state index contributed by atoms with van der Waals surface area (Å²) in [5.74, 6) is -0.549. The van der Waals surface area contributed by atoms with E-state index in [-0.39, 0.29) is 22.8 Å². The van der Waals surface area contributed by atoms with Crippen LogP contribution >= 0.6 is 0 Å². The summed E-state index contributed by atoms with van der Waals surface area (Å²) in [7, 11) is 0. The van der Waals surface area contributed by atoms with Crippen LogP contribution in [0.25, 0.3) is 10.9 Å². The number of rotatable bonds is 3. The number of nitrogens with zero attached hydrogens (tertiary/aromatic N) is 1. The van der Waals surface area contributed by atoms with Crippen LogP contribution in [0.15, 0.2) is 53.5 Å². The number of hydrogen-bond donors (Lipinski definition) is 1. The minimum atomic E-state index is -0.467. The number of Topliss-reactive ketones (excluding diaryl/α,β-unsaturated/α-hetero) is 1. The molecule has 5 nitrogen and oxygen atoms in total. The van der Waals surface area contributed by atoms with Gasteiger partial charge in [0.25, 0.3) is 5.91 Å². The highest BCUT2D eigenvalue weighted by atomic mass is 16.2. The lowest BCUT2D eigenvalue weighted by Crippen LogP contribution is -2.23. The third-order valence-electron chi connectivity index (χ3n) is 4.90. The molecule has 2 heterocycles. The zero-order chi connectivity index (χ0) is 18.4. The van der Waals surface area contributed by atoms with Crippen LogP contribution in [0.2, 0.25) is 0 Å². The van der Waals surface area contributed by atoms with E-state index in [1.54, 1.807) is 36.5 Å². The molecule has 1 aliphatic heterocycles. The molecule has 1 atom stereocenters. The van der Waals surface area contributed by atoms with Gasteiger partial charge in [0.05, 0.1) is 5.52 Å². The van der Waals surface area contributed by atoms with Crippen molar-refractivity contribution in [3.8, 4) is 0 Å². The summed E-state index contributed by atoms with van der Waals surface area (Å²) in [5.41, 5.74) is 2.89. The summed E-state index contributed by atoms with van der Waals surface area (Å²) in [4.78, 5) is 37.1. The van der Waals surface area contributed by atoms with Crippen molar-refractivity contribution < 1.29 is 9.59 Å². The number of hydrogen-bond acceptors (Lipinski definition) is 3. The summed E-state index contributed by atoms with van der Waals surface area (Å²) in [6.45, 7) is 3.54. The van der Waals surface area contributed by atoms with Gasteiger partial charge in [-0.1, -0.05) is 24.3 Å². The maximum absolute atomic E-state index is 12.8. The van der Waals surface area contributed by atoms with E-state index in [9.17, 15) is 14.4 Å². The van der Waals surface area contributed by atoms with Crippen LogP contribution in [-0.2, 0) is 6.42 Å². The molecular weight excluding hydrogens is 328 g/mol. The monoisotopic (exact) mass is 346 g/mol. The molecule has 3 aromatic rings. The number of carbonyl (C=O) groups is 2. The highest BCUT2D eigenvalue weighted by Gasteiger charge is 2.24. The van der Waals surface area contributed by atoms with E-state index < -0.39 is 5.91 Å². The quantitative estimate of drug-likeness (QED) is 0.737. The first-order valence-electron chi connectivity index (χ1n) is 8.55. The Kier molecular flexibility index (Phi) is 3.72. The molecule has 0 unspecified atom stereocenters. The Morgan fingerprint density at radius 2 is 1.92 bits per heavy atom. The number of aromatic nitrogens is 1. The Labute approximate surface area is 150 Å². The summed E-state index contributed by atoms with van der Waals surface area (Å²) in [5, 5.41) is 3.30. The van der Waals surface area contributed by atoms with Crippen molar-refractivity contribution in [1.82, 2.24) is 4.57 Å². The fraction of sp³-hybridized carbons (Fsp3) is 0.190. The molecule has 0 spiro atoms. The van der Waals surface area contributed by atoms with Crippen LogP contribution in [0.4, 0.5) is 5.69 Å². The topological polar surface area (TPSA) is 68.2 Å². The third-order valence-corrected chi connectivity index (χ3v) is 4.90. The standard InChI is InChI=1S/C21H18N2O3/c1-12-9-15-6-4-8-17-19(15)23(12)11-18(20(17)25)21(26)22-16-7-3-5-14(10-16)13(2)24/h3-8,10-12H,9H2,1-2H3,(H,22,26)/t12-/m0/s1. The van der Waals surface area contributed by atoms with E-state index in [2.05, 4.69) is 12.2 Å². The third kappa shape index (κ3) is 2.52. The van der Waals surface area contributed by atoms with Crippen molar-refractivity contribution >= 4 is 28.3 Å². The smallest absolute Gasteiger partial charge is 0.261 e. The van der Waals surface area contributed by atoms with Crippen LogP contribution < -0.4 is 10.7 Å². The first kappa shape index (κ1) is 16.3. The number of benzene rings is 2. The van der Waals surface area contributed by atoms with Crippen LogP contribution in [-0.4, -0.2) is 16.3 Å². The zero-order valence-electron chi connectivity index (χ0n) is 14.6. The van der Waals surface area contributed by atoms with Gasteiger partial charge in [0.15, 0.2) is 5.78 Å². The molecule has 0 fully saturated rings. The Bertz CT molecular complexity index is 1130. The number of anilines is 1. The van der Waals surface area contributed by atoms with Crippen molar-refractivity contribution in [2.75, 3.05) is 5.32 Å². The maximum Gasteiger partial charge on any atom is 0.261 e. The first-order chi connectivity index (χ1) is 12.5. The Morgan fingerprint density at radius 3 is 2.69 bits per heavy atom. The van der Waals surface area contributed by atoms with Crippen molar-refractivity contribution in [3.63, 3.8) is 0 Å². The molecule has 130 valence electrons. The van der Waals surface area contributed by atoms with E-state index in [0.717, 1.165) is 17.5 Å². The summed E-state index contributed by atoms with van der Waals surface area (Å²) >= 11 is 0. The Morgan fingerprint density at radius 1 is 1.15 bits per heavy atom. The number of amides is 1. The highest BCUT2D eigenvalue weighted by molar-refractivity contribution is 6.06. The summed E-state index contributed by atoms with van der Waals surface area (Å²) < 4.78 is 2.01. The second-order valence-corrected chi connectivity index (χ2v) is 6.74. The van der Waals surface area contributed by atoms with Gasteiger partial charge in [-0.3, -0.25) is 14.4 Å². The molecule has 0 radical (unpaired) electrons. The van der Waals surface area contributed by atoms with Gasteiger partial charge in [0, 0.05) is 28.9 Å². The SMILES string of the molecule is CC(=O)c1cccc(NC(=O)c2cn3c4c(cccc4c2=O)C[C@@H]3C)c1. The molecular formula is C21H18N2O3. The molecule has 0 aliphatic carbocycles. The molecule has 1 aliphatic rings. The molecule has 2 aromatic carbocycles. The van der Waals surface area contributed by atoms with E-state index in [4.69, 9.17) is 0 Å². The summed E-state index contributed by atoms with van der Waals surface area (Å²) in [6.07, 6.45) is 2.50. The van der Waals surface area contributed by atoms with Gasteiger partial charge in [0.1, 0.15) is 5.56 Å². The lowest BCUT2D eigenvalue weighted by atomic mass is 10.1. The molecule has 26 heavy (non-hydrogen) atoms. The van der Waals surface area contributed by atoms with Gasteiger partial charge in [-0.2, -0.15) is 0 Å². The summed E-state index contributed by atoms with van der Waals surface area (Å²) in [6, 6.07) is 12.5. The zero-order valence-corrected chi connectivity index (χ0v) is 14.6. The minimum absolute atomic E-state index is 0.0820. The van der Waals surface area contributed by atoms with Crippen LogP contribution in [0, 0.1) is 0 Å². The average Bonchev–Trinajstić information content (AvgIpc) is 2.94. The second kappa shape index (κ2) is 5.95. The largest absolute Gasteiger partial charge is 0.343 e. The number of pyridine rings is 1. The van der Waals surface area contributed by atoms with Gasteiger partial charge >= 0.3 is 0 Å². The van der Waals surface area contributed by atoms with E-state index in [1.807, 2.05) is 16.7 Å². The highest BCUT2D eigenvalue weighted by Crippen LogP contribution is 2.31. The van der Waals surface area contributed by atoms with E-state index in [1.165, 1.54) is 6.92 Å². The van der Waals surface area contributed by atoms with Gasteiger partial charge in [-0.25, -0.2) is 0 Å². The predicted octanol–water partition coefficient (Wildman–Crippen LogP) is 3.57. The van der Waals surface area contributed by atoms with Crippen molar-refractivity contribution in [2.24, 2.45) is 0 Å². The number of nitrogens with one attached hydrogen (secondary N) is 1. The molecule has 1 amide bonds. The van der Waals surface area contributed by atoms with Crippen LogP contribution in [0.1, 0.15) is 46.2 Å². The number of para-hydroxylation sites is 1. The van der Waals surface area contributed by atoms with Crippen LogP contribution in [0.5, 0.6) is 0 Å². The lowest BCUT2D eigenvalue weighted by molar-refractivity contribution is 0.101. The van der Waals surface area contributed by atoms with E-state index >= 15 is 0 Å². The Hall–Kier alpha value is -3.21. The number of carbonyl (C=O) groups excluding carboxylic acids is 2. The average molecular weight is 346 g/mol. The first-order valence-corrected chi connectivity index (χ1v) is 8.55. The fourth-order valence-corrected chi connectivity index (χ4v) is 3.59. The Balaban J connectivity index is 1.77. The van der Waals surface area contributed by atoms with Crippen LogP contribution in [0.3, 0.4) is 0 Å². The van der Waals surface area contributed by atoms with E-state index in [0.29, 0.717) is 16.6 Å². The molecule has 1 N–H and O–H groups in total. The molecule has 0 saturated heterocycles. The predicted molar refractivity (Wildman–Crippen MR) is 101 cm³/mol. The molecule has 0 bridgehead atoms. The number of ketones is 1.